The van der Waals surface area contributed by atoms with Crippen LogP contribution in [0.5, 0.6) is 0 Å². The van der Waals surface area contributed by atoms with Gasteiger partial charge >= 0.3 is 0 Å². The Morgan fingerprint density at radius 1 is 1.24 bits per heavy atom. The molecule has 2 aromatic rings. The molecule has 1 N–H and O–H groups in total. The normalized spacial score (nSPS) is 12.6. The molecule has 0 saturated carbocycles. The maximum atomic E-state index is 9.87. The molecule has 0 bridgehead atoms. The first-order valence-electron chi connectivity index (χ1n) is 5.97. The highest BCUT2D eigenvalue weighted by molar-refractivity contribution is 5.61. The molecule has 1 aromatic carbocycles. The van der Waals surface area contributed by atoms with Crippen LogP contribution in [0.2, 0.25) is 0 Å². The summed E-state index contributed by atoms with van der Waals surface area (Å²) in [5, 5.41) is 14.0. The second-order valence-corrected chi connectivity index (χ2v) is 4.33. The van der Waals surface area contributed by atoms with Gasteiger partial charge in [0.05, 0.1) is 12.3 Å². The predicted molar refractivity (Wildman–Crippen MR) is 68.5 cm³/mol. The predicted octanol–water partition coefficient (Wildman–Crippen LogP) is 2.92. The minimum absolute atomic E-state index is 0.344. The lowest BCUT2D eigenvalue weighted by Crippen LogP contribution is -1.95. The summed E-state index contributed by atoms with van der Waals surface area (Å²) in [6.45, 7) is 2.08. The zero-order chi connectivity index (χ0) is 12.3. The monoisotopic (exact) mass is 230 g/mol. The van der Waals surface area contributed by atoms with Crippen LogP contribution in [0.25, 0.3) is 11.1 Å². The molecule has 3 nitrogen and oxygen atoms in total. The summed E-state index contributed by atoms with van der Waals surface area (Å²) in [7, 11) is 1.91. The van der Waals surface area contributed by atoms with Crippen LogP contribution in [0.3, 0.4) is 0 Å². The number of aryl methyl sites for hydroxylation is 1. The fourth-order valence-corrected chi connectivity index (χ4v) is 1.91. The molecule has 0 radical (unpaired) electrons. The molecule has 1 atom stereocenters. The number of aliphatic hydroxyl groups is 1. The van der Waals surface area contributed by atoms with Crippen molar-refractivity contribution in [2.24, 2.45) is 7.05 Å². The zero-order valence-corrected chi connectivity index (χ0v) is 10.3. The molecule has 0 saturated heterocycles. The van der Waals surface area contributed by atoms with Crippen LogP contribution in [-0.2, 0) is 7.05 Å². The van der Waals surface area contributed by atoms with Crippen molar-refractivity contribution >= 4 is 0 Å². The topological polar surface area (TPSA) is 38.1 Å². The van der Waals surface area contributed by atoms with Crippen LogP contribution >= 0.6 is 0 Å². The van der Waals surface area contributed by atoms with Crippen LogP contribution in [0.15, 0.2) is 36.7 Å². The molecule has 0 unspecified atom stereocenters. The van der Waals surface area contributed by atoms with E-state index in [-0.39, 0.29) is 6.10 Å². The zero-order valence-electron chi connectivity index (χ0n) is 10.3. The largest absolute Gasteiger partial charge is 0.388 e. The Balaban J connectivity index is 2.18. The quantitative estimate of drug-likeness (QED) is 0.877. The number of rotatable bonds is 4. The maximum absolute atomic E-state index is 9.87. The highest BCUT2D eigenvalue weighted by Crippen LogP contribution is 2.23. The molecule has 1 aromatic heterocycles. The number of benzene rings is 1. The third-order valence-corrected chi connectivity index (χ3v) is 2.90. The van der Waals surface area contributed by atoms with Crippen molar-refractivity contribution in [3.05, 3.63) is 42.2 Å². The van der Waals surface area contributed by atoms with Crippen molar-refractivity contribution in [3.63, 3.8) is 0 Å². The maximum Gasteiger partial charge on any atom is 0.0790 e. The van der Waals surface area contributed by atoms with Crippen molar-refractivity contribution in [2.45, 2.75) is 25.9 Å². The molecule has 3 heteroatoms. The number of aliphatic hydroxyl groups excluding tert-OH is 1. The molecular weight excluding hydrogens is 212 g/mol. The molecule has 0 aliphatic carbocycles. The van der Waals surface area contributed by atoms with Crippen molar-refractivity contribution in [1.82, 2.24) is 9.78 Å². The summed E-state index contributed by atoms with van der Waals surface area (Å²) in [4.78, 5) is 0. The van der Waals surface area contributed by atoms with Crippen molar-refractivity contribution in [3.8, 4) is 11.1 Å². The lowest BCUT2D eigenvalue weighted by atomic mass is 10.0. The fraction of sp³-hybridized carbons (Fsp3) is 0.357. The number of nitrogens with zero attached hydrogens (tertiary/aromatic N) is 2. The second kappa shape index (κ2) is 5.15. The molecule has 0 aliphatic heterocycles. The van der Waals surface area contributed by atoms with Crippen LogP contribution in [-0.4, -0.2) is 14.9 Å². The van der Waals surface area contributed by atoms with Gasteiger partial charge in [0, 0.05) is 18.8 Å². The number of hydrogen-bond acceptors (Lipinski definition) is 2. The summed E-state index contributed by atoms with van der Waals surface area (Å²) in [5.41, 5.74) is 3.22. The molecule has 0 spiro atoms. The summed E-state index contributed by atoms with van der Waals surface area (Å²) >= 11 is 0. The van der Waals surface area contributed by atoms with E-state index >= 15 is 0 Å². The minimum Gasteiger partial charge on any atom is -0.388 e. The van der Waals surface area contributed by atoms with Crippen molar-refractivity contribution < 1.29 is 5.11 Å². The smallest absolute Gasteiger partial charge is 0.0790 e. The first-order chi connectivity index (χ1) is 8.20. The van der Waals surface area contributed by atoms with Gasteiger partial charge in [0.2, 0.25) is 0 Å². The van der Waals surface area contributed by atoms with E-state index < -0.39 is 0 Å². The molecule has 0 aliphatic rings. The summed E-state index contributed by atoms with van der Waals surface area (Å²) in [6, 6.07) is 8.04. The Kier molecular flexibility index (Phi) is 3.59. The SMILES string of the molecule is CCC[C@H](O)c1ccc(-c2cnn(C)c2)cc1. The highest BCUT2D eigenvalue weighted by atomic mass is 16.3. The lowest BCUT2D eigenvalue weighted by Gasteiger charge is -2.09. The summed E-state index contributed by atoms with van der Waals surface area (Å²) in [5.74, 6) is 0. The van der Waals surface area contributed by atoms with E-state index in [1.54, 1.807) is 4.68 Å². The molecular formula is C14H18N2O. The number of hydrogen-bond donors (Lipinski definition) is 1. The van der Waals surface area contributed by atoms with Crippen molar-refractivity contribution in [2.75, 3.05) is 0 Å². The van der Waals surface area contributed by atoms with E-state index in [0.29, 0.717) is 0 Å². The average molecular weight is 230 g/mol. The Hall–Kier alpha value is -1.61. The number of aromatic nitrogens is 2. The average Bonchev–Trinajstić information content (AvgIpc) is 2.76. The molecule has 90 valence electrons. The van der Waals surface area contributed by atoms with E-state index in [4.69, 9.17) is 0 Å². The molecule has 2 rings (SSSR count). The highest BCUT2D eigenvalue weighted by Gasteiger charge is 2.06. The van der Waals surface area contributed by atoms with E-state index in [2.05, 4.69) is 12.0 Å². The Labute approximate surface area is 102 Å². The van der Waals surface area contributed by atoms with Gasteiger partial charge in [0.25, 0.3) is 0 Å². The van der Waals surface area contributed by atoms with Gasteiger partial charge in [-0.1, -0.05) is 37.6 Å². The van der Waals surface area contributed by atoms with Gasteiger partial charge < -0.3 is 5.11 Å². The van der Waals surface area contributed by atoms with Crippen LogP contribution in [0.1, 0.15) is 31.4 Å². The van der Waals surface area contributed by atoms with Crippen LogP contribution < -0.4 is 0 Å². The van der Waals surface area contributed by atoms with Crippen LogP contribution in [0.4, 0.5) is 0 Å². The van der Waals surface area contributed by atoms with E-state index in [0.717, 1.165) is 29.5 Å². The van der Waals surface area contributed by atoms with Gasteiger partial charge in [-0.15, -0.1) is 0 Å². The third kappa shape index (κ3) is 2.74. The second-order valence-electron chi connectivity index (χ2n) is 4.33. The van der Waals surface area contributed by atoms with E-state index in [9.17, 15) is 5.11 Å². The van der Waals surface area contributed by atoms with E-state index in [1.165, 1.54) is 0 Å². The summed E-state index contributed by atoms with van der Waals surface area (Å²) < 4.78 is 1.79. The Morgan fingerprint density at radius 3 is 2.47 bits per heavy atom. The Bertz CT molecular complexity index is 473. The minimum atomic E-state index is -0.344. The van der Waals surface area contributed by atoms with Crippen molar-refractivity contribution in [1.29, 1.82) is 0 Å². The lowest BCUT2D eigenvalue weighted by molar-refractivity contribution is 0.166. The van der Waals surface area contributed by atoms with Gasteiger partial charge in [0.1, 0.15) is 0 Å². The van der Waals surface area contributed by atoms with Gasteiger partial charge in [-0.3, -0.25) is 4.68 Å². The van der Waals surface area contributed by atoms with E-state index in [1.807, 2.05) is 43.7 Å². The standard InChI is InChI=1S/C14H18N2O/c1-3-4-14(17)12-7-5-11(6-8-12)13-9-15-16(2)10-13/h5-10,14,17H,3-4H2,1-2H3/t14-/m0/s1. The Morgan fingerprint density at radius 2 is 1.94 bits per heavy atom. The van der Waals surface area contributed by atoms with Gasteiger partial charge in [-0.2, -0.15) is 5.10 Å². The summed E-state index contributed by atoms with van der Waals surface area (Å²) in [6.07, 6.45) is 5.29. The first kappa shape index (κ1) is 11.9. The third-order valence-electron chi connectivity index (χ3n) is 2.90. The first-order valence-corrected chi connectivity index (χ1v) is 5.97. The van der Waals surface area contributed by atoms with Gasteiger partial charge in [0.15, 0.2) is 0 Å². The molecule has 1 heterocycles. The van der Waals surface area contributed by atoms with Gasteiger partial charge in [-0.05, 0) is 17.5 Å². The molecule has 0 fully saturated rings. The van der Waals surface area contributed by atoms with Gasteiger partial charge in [-0.25, -0.2) is 0 Å². The molecule has 17 heavy (non-hydrogen) atoms. The molecule has 0 amide bonds. The fourth-order valence-electron chi connectivity index (χ4n) is 1.91. The van der Waals surface area contributed by atoms with Crippen LogP contribution in [0, 0.1) is 0 Å².